The number of aryl methyl sites for hydroxylation is 1. The van der Waals surface area contributed by atoms with Crippen molar-refractivity contribution in [2.45, 2.75) is 65.3 Å². The van der Waals surface area contributed by atoms with Crippen molar-refractivity contribution in [3.8, 4) is 11.5 Å². The Morgan fingerprint density at radius 2 is 1.92 bits per heavy atom. The lowest BCUT2D eigenvalue weighted by Crippen LogP contribution is -2.30. The van der Waals surface area contributed by atoms with Crippen molar-refractivity contribution in [1.29, 1.82) is 0 Å². The topological polar surface area (TPSA) is 85.6 Å². The molecule has 0 amide bonds. The molecule has 4 rings (SSSR count). The van der Waals surface area contributed by atoms with Crippen molar-refractivity contribution >= 4 is 28.6 Å². The van der Waals surface area contributed by atoms with Gasteiger partial charge in [0.05, 0.1) is 18.1 Å². The van der Waals surface area contributed by atoms with Crippen molar-refractivity contribution < 1.29 is 32.5 Å². The van der Waals surface area contributed by atoms with E-state index in [1.54, 1.807) is 7.11 Å². The quantitative estimate of drug-likeness (QED) is 0.299. The summed E-state index contributed by atoms with van der Waals surface area (Å²) in [4.78, 5) is 16.1. The Kier molecular flexibility index (Phi) is 8.08. The maximum absolute atomic E-state index is 12.6. The van der Waals surface area contributed by atoms with Crippen LogP contribution in [-0.4, -0.2) is 34.1 Å². The van der Waals surface area contributed by atoms with Crippen LogP contribution in [0.15, 0.2) is 36.4 Å². The Bertz CT molecular complexity index is 1270. The minimum absolute atomic E-state index is 0.0322. The fourth-order valence-electron chi connectivity index (χ4n) is 5.53. The number of fused-ring (bicyclic) bond motifs is 1. The summed E-state index contributed by atoms with van der Waals surface area (Å²) < 4.78 is 49.6. The molecule has 0 bridgehead atoms. The highest BCUT2D eigenvalue weighted by atomic mass is 19.4. The van der Waals surface area contributed by atoms with Gasteiger partial charge in [0.25, 0.3) is 0 Å². The van der Waals surface area contributed by atoms with Crippen molar-refractivity contribution in [3.05, 3.63) is 42.0 Å². The number of methoxy groups -OCH3 is 1. The second kappa shape index (κ2) is 11.1. The molecule has 0 aliphatic heterocycles. The number of alkyl halides is 3. The summed E-state index contributed by atoms with van der Waals surface area (Å²) in [6.07, 6.45) is -1.29. The van der Waals surface area contributed by atoms with Gasteiger partial charge in [-0.05, 0) is 72.9 Å². The lowest BCUT2D eigenvalue weighted by Gasteiger charge is -2.39. The largest absolute Gasteiger partial charge is 0.573 e. The van der Waals surface area contributed by atoms with Crippen LogP contribution in [-0.2, 0) is 11.2 Å². The number of rotatable bonds is 9. The third-order valence-corrected chi connectivity index (χ3v) is 7.36. The van der Waals surface area contributed by atoms with Gasteiger partial charge < -0.3 is 24.5 Å². The van der Waals surface area contributed by atoms with E-state index in [2.05, 4.69) is 35.4 Å². The van der Waals surface area contributed by atoms with Crippen LogP contribution in [0, 0.1) is 17.8 Å². The van der Waals surface area contributed by atoms with Crippen molar-refractivity contribution in [2.75, 3.05) is 12.4 Å². The molecule has 0 saturated heterocycles. The number of carboxylic acids is 1. The first-order valence-electron chi connectivity index (χ1n) is 12.9. The van der Waals surface area contributed by atoms with E-state index in [-0.39, 0.29) is 18.2 Å². The van der Waals surface area contributed by atoms with Gasteiger partial charge in [-0.15, -0.1) is 13.2 Å². The molecule has 1 aliphatic carbocycles. The highest BCUT2D eigenvalue weighted by Gasteiger charge is 2.35. The van der Waals surface area contributed by atoms with Crippen LogP contribution < -0.4 is 14.8 Å². The molecule has 38 heavy (non-hydrogen) atoms. The summed E-state index contributed by atoms with van der Waals surface area (Å²) in [5.74, 6) is 1.35. The summed E-state index contributed by atoms with van der Waals surface area (Å²) in [5.41, 5.74) is 2.89. The van der Waals surface area contributed by atoms with E-state index in [1.807, 2.05) is 12.1 Å². The average Bonchev–Trinajstić information content (AvgIpc) is 3.18. The van der Waals surface area contributed by atoms with Crippen molar-refractivity contribution in [3.63, 3.8) is 0 Å². The molecule has 1 heterocycles. The fraction of sp³-hybridized carbons (Fsp3) is 0.500. The van der Waals surface area contributed by atoms with Crippen molar-refractivity contribution in [2.24, 2.45) is 17.8 Å². The number of benzene rings is 2. The maximum Gasteiger partial charge on any atom is 0.573 e. The molecule has 0 unspecified atom stereocenters. The van der Waals surface area contributed by atoms with E-state index in [0.29, 0.717) is 47.1 Å². The molecular formula is C28H34F3N3O4. The third-order valence-electron chi connectivity index (χ3n) is 7.36. The highest BCUT2D eigenvalue weighted by Crippen LogP contribution is 2.45. The van der Waals surface area contributed by atoms with Gasteiger partial charge in [0.1, 0.15) is 11.5 Å². The van der Waals surface area contributed by atoms with Gasteiger partial charge >= 0.3 is 12.3 Å². The second-order valence-electron chi connectivity index (χ2n) is 10.4. The van der Waals surface area contributed by atoms with Crippen molar-refractivity contribution in [1.82, 2.24) is 9.55 Å². The number of hydrogen-bond donors (Lipinski definition) is 2. The number of halogens is 3. The normalized spacial score (nSPS) is 20.1. The minimum atomic E-state index is -4.76. The first-order valence-corrected chi connectivity index (χ1v) is 12.9. The molecule has 7 nitrogen and oxygen atoms in total. The smallest absolute Gasteiger partial charge is 0.496 e. The Morgan fingerprint density at radius 1 is 1.21 bits per heavy atom. The average molecular weight is 534 g/mol. The molecule has 0 spiro atoms. The minimum Gasteiger partial charge on any atom is -0.496 e. The van der Waals surface area contributed by atoms with E-state index in [1.165, 1.54) is 24.3 Å². The van der Waals surface area contributed by atoms with E-state index in [4.69, 9.17) is 9.72 Å². The fourth-order valence-corrected chi connectivity index (χ4v) is 5.53. The number of hydrogen-bond acceptors (Lipinski definition) is 5. The zero-order chi connectivity index (χ0) is 27.6. The van der Waals surface area contributed by atoms with Gasteiger partial charge in [-0.1, -0.05) is 27.2 Å². The van der Waals surface area contributed by atoms with Gasteiger partial charge in [-0.25, -0.2) is 4.98 Å². The lowest BCUT2D eigenvalue weighted by molar-refractivity contribution is -0.274. The first-order chi connectivity index (χ1) is 17.9. The number of nitrogens with zero attached hydrogens (tertiary/aromatic N) is 2. The molecule has 0 radical (unpaired) electrons. The number of aliphatic carboxylic acids is 1. The molecule has 206 valence electrons. The molecule has 10 heteroatoms. The number of ether oxygens (including phenoxy) is 2. The van der Waals surface area contributed by atoms with Gasteiger partial charge in [-0.2, -0.15) is 0 Å². The molecule has 3 aromatic rings. The number of nitrogens with one attached hydrogen (secondary N) is 1. The monoisotopic (exact) mass is 533 g/mol. The molecule has 1 fully saturated rings. The van der Waals surface area contributed by atoms with Gasteiger partial charge in [0.15, 0.2) is 0 Å². The maximum atomic E-state index is 12.6. The van der Waals surface area contributed by atoms with Crippen LogP contribution in [0.4, 0.5) is 24.8 Å². The highest BCUT2D eigenvalue weighted by molar-refractivity contribution is 5.83. The Morgan fingerprint density at radius 3 is 2.53 bits per heavy atom. The predicted octanol–water partition coefficient (Wildman–Crippen LogP) is 7.34. The zero-order valence-corrected chi connectivity index (χ0v) is 22.0. The molecule has 1 aromatic heterocycles. The SMILES string of the molecule is COc1cc2c(cc1CCC(=O)O)nc(Nc1ccc(OC(F)(F)F)cc1)n2[C@@H]1C[C@H](C)CC[C@@H]1C(C)C. The van der Waals surface area contributed by atoms with E-state index < -0.39 is 12.3 Å². The molecule has 1 aliphatic rings. The van der Waals surface area contributed by atoms with E-state index in [0.717, 1.165) is 30.3 Å². The molecular weight excluding hydrogens is 499 g/mol. The predicted molar refractivity (Wildman–Crippen MR) is 139 cm³/mol. The number of anilines is 2. The molecule has 2 aromatic carbocycles. The molecule has 1 saturated carbocycles. The van der Waals surface area contributed by atoms with Gasteiger partial charge in [-0.3, -0.25) is 4.79 Å². The summed E-state index contributed by atoms with van der Waals surface area (Å²) >= 11 is 0. The summed E-state index contributed by atoms with van der Waals surface area (Å²) in [7, 11) is 1.56. The number of carbonyl (C=O) groups is 1. The Balaban J connectivity index is 1.80. The van der Waals surface area contributed by atoms with Crippen LogP contribution >= 0.6 is 0 Å². The first kappa shape index (κ1) is 27.6. The summed E-state index contributed by atoms with van der Waals surface area (Å²) in [6, 6.07) is 9.50. The molecule has 3 atom stereocenters. The lowest BCUT2D eigenvalue weighted by atomic mass is 9.74. The van der Waals surface area contributed by atoms with E-state index in [9.17, 15) is 23.1 Å². The summed E-state index contributed by atoms with van der Waals surface area (Å²) in [6.45, 7) is 6.70. The van der Waals surface area contributed by atoms with Crippen LogP contribution in [0.1, 0.15) is 58.1 Å². The van der Waals surface area contributed by atoms with E-state index >= 15 is 0 Å². The zero-order valence-electron chi connectivity index (χ0n) is 22.0. The number of aromatic nitrogens is 2. The number of imidazole rings is 1. The van der Waals surface area contributed by atoms with Gasteiger partial charge in [0, 0.05) is 24.2 Å². The standard InChI is InChI=1S/C28H34F3N3O4/c1-16(2)21-11-5-17(3)13-23(21)34-24-15-25(37-4)18(6-12-26(35)36)14-22(24)33-27(34)32-19-7-9-20(10-8-19)38-28(29,30)31/h7-10,14-17,21,23H,5-6,11-13H2,1-4H3,(H,32,33)(H,35,36)/t17-,21-,23-/m1/s1. The van der Waals surface area contributed by atoms with Crippen LogP contribution in [0.3, 0.4) is 0 Å². The second-order valence-corrected chi connectivity index (χ2v) is 10.4. The Labute approximate surface area is 220 Å². The summed E-state index contributed by atoms with van der Waals surface area (Å²) in [5, 5.41) is 12.5. The van der Waals surface area contributed by atoms with Crippen LogP contribution in [0.25, 0.3) is 11.0 Å². The van der Waals surface area contributed by atoms with Crippen LogP contribution in [0.2, 0.25) is 0 Å². The number of carboxylic acid groups (broad SMARTS) is 1. The molecule has 2 N–H and O–H groups in total. The van der Waals surface area contributed by atoms with Crippen LogP contribution in [0.5, 0.6) is 11.5 Å². The Hall–Kier alpha value is -3.43. The third kappa shape index (κ3) is 6.34. The van der Waals surface area contributed by atoms with Gasteiger partial charge in [0.2, 0.25) is 5.95 Å².